The molecule has 1 atom stereocenters. The Morgan fingerprint density at radius 2 is 1.95 bits per heavy atom. The van der Waals surface area contributed by atoms with Crippen molar-refractivity contribution in [3.63, 3.8) is 0 Å². The maximum Gasteiger partial charge on any atom is 0.307 e. The Balaban J connectivity index is 2.84. The maximum absolute atomic E-state index is 11.9. The van der Waals surface area contributed by atoms with E-state index < -0.39 is 10.1 Å². The van der Waals surface area contributed by atoms with Gasteiger partial charge < -0.3 is 9.50 Å². The first-order chi connectivity index (χ1) is 8.69. The number of hydrogen-bond acceptors (Lipinski definition) is 5. The highest BCUT2D eigenvalue weighted by molar-refractivity contribution is 7.86. The summed E-state index contributed by atoms with van der Waals surface area (Å²) in [6.45, 7) is 5.86. The molecule has 0 spiro atoms. The lowest BCUT2D eigenvalue weighted by atomic mass is 10.1. The van der Waals surface area contributed by atoms with E-state index in [1.54, 1.807) is 0 Å². The molecule has 19 heavy (non-hydrogen) atoms. The highest BCUT2D eigenvalue weighted by atomic mass is 32.2. The van der Waals surface area contributed by atoms with Gasteiger partial charge in [-0.05, 0) is 18.9 Å². The minimum atomic E-state index is -3.65. The van der Waals surface area contributed by atoms with Crippen LogP contribution in [0.5, 0.6) is 5.88 Å². The second-order valence-corrected chi connectivity index (χ2v) is 6.23. The van der Waals surface area contributed by atoms with Gasteiger partial charge in [0.05, 0.1) is 6.26 Å². The van der Waals surface area contributed by atoms with Crippen molar-refractivity contribution in [1.29, 1.82) is 0 Å². The van der Waals surface area contributed by atoms with E-state index in [0.717, 1.165) is 6.26 Å². The largest absolute Gasteiger partial charge is 0.362 e. The van der Waals surface area contributed by atoms with Gasteiger partial charge in [-0.3, -0.25) is 4.79 Å². The third kappa shape index (κ3) is 5.25. The fourth-order valence-corrected chi connectivity index (χ4v) is 1.59. The molecule has 1 aromatic rings. The molecule has 1 rings (SSSR count). The summed E-state index contributed by atoms with van der Waals surface area (Å²) in [5, 5.41) is 2.78. The van der Waals surface area contributed by atoms with Crippen molar-refractivity contribution in [2.75, 3.05) is 6.26 Å². The van der Waals surface area contributed by atoms with Gasteiger partial charge in [0.1, 0.15) is 5.69 Å². The van der Waals surface area contributed by atoms with Crippen LogP contribution in [-0.2, 0) is 10.1 Å². The quantitative estimate of drug-likeness (QED) is 0.822. The average Bonchev–Trinajstić information content (AvgIpc) is 2.26. The van der Waals surface area contributed by atoms with E-state index in [4.69, 9.17) is 0 Å². The molecule has 0 fully saturated rings. The first-order valence-electron chi connectivity index (χ1n) is 5.86. The van der Waals surface area contributed by atoms with Crippen molar-refractivity contribution < 1.29 is 17.4 Å². The van der Waals surface area contributed by atoms with Crippen LogP contribution in [0, 0.1) is 5.92 Å². The SMILES string of the molecule is CC(C)C(C)NC(=O)c1cccc(OS(C)(=O)=O)n1. The topological polar surface area (TPSA) is 85.4 Å². The zero-order valence-electron chi connectivity index (χ0n) is 11.4. The fraction of sp³-hybridized carbons (Fsp3) is 0.500. The van der Waals surface area contributed by atoms with E-state index in [1.807, 2.05) is 20.8 Å². The lowest BCUT2D eigenvalue weighted by Crippen LogP contribution is -2.36. The molecule has 1 amide bonds. The number of pyridine rings is 1. The smallest absolute Gasteiger partial charge is 0.307 e. The molecular formula is C12H18N2O4S. The lowest BCUT2D eigenvalue weighted by Gasteiger charge is -2.17. The number of amides is 1. The minimum absolute atomic E-state index is 0.00576. The second kappa shape index (κ2) is 6.01. The predicted molar refractivity (Wildman–Crippen MR) is 71.5 cm³/mol. The summed E-state index contributed by atoms with van der Waals surface area (Å²) in [4.78, 5) is 15.8. The molecule has 0 aliphatic heterocycles. The summed E-state index contributed by atoms with van der Waals surface area (Å²) >= 11 is 0. The van der Waals surface area contributed by atoms with E-state index in [1.165, 1.54) is 18.2 Å². The van der Waals surface area contributed by atoms with Crippen LogP contribution < -0.4 is 9.50 Å². The zero-order valence-corrected chi connectivity index (χ0v) is 12.2. The Hall–Kier alpha value is -1.63. The third-order valence-electron chi connectivity index (χ3n) is 2.55. The molecule has 1 N–H and O–H groups in total. The van der Waals surface area contributed by atoms with Crippen LogP contribution in [0.1, 0.15) is 31.3 Å². The Morgan fingerprint density at radius 1 is 1.32 bits per heavy atom. The van der Waals surface area contributed by atoms with E-state index in [9.17, 15) is 13.2 Å². The molecule has 0 aromatic carbocycles. The van der Waals surface area contributed by atoms with Crippen LogP contribution in [-0.4, -0.2) is 31.6 Å². The van der Waals surface area contributed by atoms with Gasteiger partial charge in [0, 0.05) is 12.1 Å². The Bertz CT molecular complexity index is 555. The van der Waals surface area contributed by atoms with Crippen molar-refractivity contribution in [2.24, 2.45) is 5.92 Å². The molecule has 1 aromatic heterocycles. The maximum atomic E-state index is 11.9. The summed E-state index contributed by atoms with van der Waals surface area (Å²) in [6, 6.07) is 4.39. The van der Waals surface area contributed by atoms with Gasteiger partial charge in [0.15, 0.2) is 0 Å². The molecular weight excluding hydrogens is 268 g/mol. The van der Waals surface area contributed by atoms with Gasteiger partial charge in [-0.25, -0.2) is 4.98 Å². The van der Waals surface area contributed by atoms with Crippen molar-refractivity contribution in [1.82, 2.24) is 10.3 Å². The van der Waals surface area contributed by atoms with E-state index >= 15 is 0 Å². The summed E-state index contributed by atoms with van der Waals surface area (Å²) in [5.74, 6) is -0.188. The van der Waals surface area contributed by atoms with Gasteiger partial charge in [-0.1, -0.05) is 19.9 Å². The van der Waals surface area contributed by atoms with Gasteiger partial charge in [-0.15, -0.1) is 0 Å². The Morgan fingerprint density at radius 3 is 2.47 bits per heavy atom. The first kappa shape index (κ1) is 15.4. The Kier molecular flexibility index (Phi) is 4.88. The van der Waals surface area contributed by atoms with Crippen LogP contribution in [0.2, 0.25) is 0 Å². The van der Waals surface area contributed by atoms with Crippen molar-refractivity contribution in [3.8, 4) is 5.88 Å². The van der Waals surface area contributed by atoms with Gasteiger partial charge in [0.25, 0.3) is 5.91 Å². The number of carbonyl (C=O) groups is 1. The van der Waals surface area contributed by atoms with Crippen molar-refractivity contribution >= 4 is 16.0 Å². The van der Waals surface area contributed by atoms with E-state index in [0.29, 0.717) is 5.92 Å². The Labute approximate surface area is 113 Å². The minimum Gasteiger partial charge on any atom is -0.362 e. The van der Waals surface area contributed by atoms with Gasteiger partial charge in [-0.2, -0.15) is 8.42 Å². The highest BCUT2D eigenvalue weighted by Gasteiger charge is 2.15. The predicted octanol–water partition coefficient (Wildman–Crippen LogP) is 1.19. The van der Waals surface area contributed by atoms with E-state index in [2.05, 4.69) is 14.5 Å². The normalized spacial score (nSPS) is 13.1. The summed E-state index contributed by atoms with van der Waals surface area (Å²) in [7, 11) is -3.65. The summed E-state index contributed by atoms with van der Waals surface area (Å²) in [6.07, 6.45) is 0.919. The first-order valence-corrected chi connectivity index (χ1v) is 7.68. The average molecular weight is 286 g/mol. The molecule has 0 radical (unpaired) electrons. The monoisotopic (exact) mass is 286 g/mol. The second-order valence-electron chi connectivity index (χ2n) is 4.65. The summed E-state index contributed by atoms with van der Waals surface area (Å²) in [5.41, 5.74) is 0.119. The molecule has 0 aliphatic carbocycles. The van der Waals surface area contributed by atoms with Crippen molar-refractivity contribution in [2.45, 2.75) is 26.8 Å². The van der Waals surface area contributed by atoms with Crippen LogP contribution in [0.4, 0.5) is 0 Å². The number of hydrogen-bond donors (Lipinski definition) is 1. The molecule has 1 unspecified atom stereocenters. The van der Waals surface area contributed by atoms with Crippen molar-refractivity contribution in [3.05, 3.63) is 23.9 Å². The number of carbonyl (C=O) groups excluding carboxylic acids is 1. The molecule has 1 heterocycles. The molecule has 0 saturated heterocycles. The standard InChI is InChI=1S/C12H18N2O4S/c1-8(2)9(3)13-12(15)10-6-5-7-11(14-10)18-19(4,16)17/h5-9H,1-4H3,(H,13,15). The molecule has 7 heteroatoms. The van der Waals surface area contributed by atoms with Crippen LogP contribution >= 0.6 is 0 Å². The highest BCUT2D eigenvalue weighted by Crippen LogP contribution is 2.10. The summed E-state index contributed by atoms with van der Waals surface area (Å²) < 4.78 is 26.6. The van der Waals surface area contributed by atoms with Crippen LogP contribution in [0.25, 0.3) is 0 Å². The number of rotatable bonds is 5. The number of nitrogens with zero attached hydrogens (tertiary/aromatic N) is 1. The molecule has 0 aliphatic rings. The molecule has 6 nitrogen and oxygen atoms in total. The number of nitrogens with one attached hydrogen (secondary N) is 1. The molecule has 0 bridgehead atoms. The third-order valence-corrected chi connectivity index (χ3v) is 3.03. The number of aromatic nitrogens is 1. The lowest BCUT2D eigenvalue weighted by molar-refractivity contribution is 0.0925. The molecule has 0 saturated carbocycles. The fourth-order valence-electron chi connectivity index (χ4n) is 1.19. The van der Waals surface area contributed by atoms with Crippen LogP contribution in [0.15, 0.2) is 18.2 Å². The van der Waals surface area contributed by atoms with Gasteiger partial charge >= 0.3 is 10.1 Å². The zero-order chi connectivity index (χ0) is 14.6. The molecule has 106 valence electrons. The van der Waals surface area contributed by atoms with Crippen LogP contribution in [0.3, 0.4) is 0 Å². The van der Waals surface area contributed by atoms with E-state index in [-0.39, 0.29) is 23.5 Å². The van der Waals surface area contributed by atoms with Gasteiger partial charge in [0.2, 0.25) is 5.88 Å².